The molecule has 0 spiro atoms. The van der Waals surface area contributed by atoms with E-state index in [1.165, 1.54) is 0 Å². The van der Waals surface area contributed by atoms with Crippen molar-refractivity contribution >= 4 is 21.8 Å². The third-order valence-corrected chi connectivity index (χ3v) is 3.82. The van der Waals surface area contributed by atoms with Crippen molar-refractivity contribution < 1.29 is 9.90 Å². The molecule has 0 saturated carbocycles. The summed E-state index contributed by atoms with van der Waals surface area (Å²) in [6.07, 6.45) is 3.22. The van der Waals surface area contributed by atoms with Crippen LogP contribution in [0.25, 0.3) is 0 Å². The van der Waals surface area contributed by atoms with Gasteiger partial charge in [0, 0.05) is 11.0 Å². The van der Waals surface area contributed by atoms with Crippen molar-refractivity contribution in [2.24, 2.45) is 0 Å². The van der Waals surface area contributed by atoms with Gasteiger partial charge in [-0.25, -0.2) is 0 Å². The summed E-state index contributed by atoms with van der Waals surface area (Å²) in [5.41, 5.74) is -0.196. The molecule has 1 aromatic rings. The minimum absolute atomic E-state index is 0.155. The first-order valence-corrected chi connectivity index (χ1v) is 7.57. The monoisotopic (exact) mass is 327 g/mol. The smallest absolute Gasteiger partial charge is 0.252 e. The van der Waals surface area contributed by atoms with Gasteiger partial charge in [-0.1, -0.05) is 38.8 Å². The Bertz CT molecular complexity index is 414. The number of carbonyl (C=O) groups excluding carboxylic acids is 1. The fourth-order valence-electron chi connectivity index (χ4n) is 2.22. The first-order chi connectivity index (χ1) is 9.02. The number of amides is 1. The molecule has 0 radical (unpaired) electrons. The summed E-state index contributed by atoms with van der Waals surface area (Å²) < 4.78 is 0.766. The molecule has 3 nitrogen and oxygen atoms in total. The van der Waals surface area contributed by atoms with Crippen molar-refractivity contribution in [2.75, 3.05) is 6.54 Å². The molecular weight excluding hydrogens is 306 g/mol. The van der Waals surface area contributed by atoms with Crippen LogP contribution in [0.15, 0.2) is 28.7 Å². The summed E-state index contributed by atoms with van der Waals surface area (Å²) in [6, 6.07) is 7.28. The van der Waals surface area contributed by atoms with Gasteiger partial charge in [0.1, 0.15) is 0 Å². The Morgan fingerprint density at radius 2 is 1.84 bits per heavy atom. The number of carbonyl (C=O) groups is 1. The van der Waals surface area contributed by atoms with Gasteiger partial charge in [0.05, 0.1) is 11.2 Å². The average molecular weight is 328 g/mol. The van der Waals surface area contributed by atoms with E-state index in [0.29, 0.717) is 24.9 Å². The zero-order valence-electron chi connectivity index (χ0n) is 11.6. The van der Waals surface area contributed by atoms with Crippen LogP contribution >= 0.6 is 15.9 Å². The minimum atomic E-state index is -0.791. The SMILES string of the molecule is CCCC(O)(CCC)CNC(=O)c1ccccc1Br. The van der Waals surface area contributed by atoms with E-state index >= 15 is 0 Å². The van der Waals surface area contributed by atoms with Gasteiger partial charge in [-0.05, 0) is 40.9 Å². The molecule has 0 fully saturated rings. The maximum atomic E-state index is 12.1. The quantitative estimate of drug-likeness (QED) is 0.805. The number of hydrogen-bond donors (Lipinski definition) is 2. The molecule has 0 aromatic heterocycles. The van der Waals surface area contributed by atoms with Crippen LogP contribution in [0.1, 0.15) is 49.9 Å². The normalized spacial score (nSPS) is 11.4. The first-order valence-electron chi connectivity index (χ1n) is 6.77. The Morgan fingerprint density at radius 3 is 2.37 bits per heavy atom. The van der Waals surface area contributed by atoms with Crippen molar-refractivity contribution in [1.82, 2.24) is 5.32 Å². The van der Waals surface area contributed by atoms with E-state index in [9.17, 15) is 9.90 Å². The van der Waals surface area contributed by atoms with Crippen LogP contribution in [0.3, 0.4) is 0 Å². The van der Waals surface area contributed by atoms with E-state index < -0.39 is 5.60 Å². The van der Waals surface area contributed by atoms with Crippen molar-refractivity contribution in [3.05, 3.63) is 34.3 Å². The Balaban J connectivity index is 2.64. The van der Waals surface area contributed by atoms with Crippen LogP contribution in [0.5, 0.6) is 0 Å². The maximum absolute atomic E-state index is 12.1. The first kappa shape index (κ1) is 16.2. The summed E-state index contributed by atoms with van der Waals surface area (Å²) in [5, 5.41) is 13.3. The molecule has 0 saturated heterocycles. The van der Waals surface area contributed by atoms with Gasteiger partial charge >= 0.3 is 0 Å². The lowest BCUT2D eigenvalue weighted by Crippen LogP contribution is -2.42. The third-order valence-electron chi connectivity index (χ3n) is 3.13. The summed E-state index contributed by atoms with van der Waals surface area (Å²) in [6.45, 7) is 4.38. The second-order valence-electron chi connectivity index (χ2n) is 4.89. The Kier molecular flexibility index (Phi) is 6.52. The molecule has 1 aromatic carbocycles. The van der Waals surface area contributed by atoms with E-state index in [4.69, 9.17) is 0 Å². The van der Waals surface area contributed by atoms with Gasteiger partial charge in [-0.3, -0.25) is 4.79 Å². The number of rotatable bonds is 7. The van der Waals surface area contributed by atoms with E-state index in [0.717, 1.165) is 17.3 Å². The standard InChI is InChI=1S/C15H22BrNO2/c1-3-9-15(19,10-4-2)11-17-14(18)12-7-5-6-8-13(12)16/h5-8,19H,3-4,9-11H2,1-2H3,(H,17,18). The molecule has 1 rings (SSSR count). The van der Waals surface area contributed by atoms with Crippen LogP contribution < -0.4 is 5.32 Å². The molecule has 4 heteroatoms. The lowest BCUT2D eigenvalue weighted by atomic mass is 9.92. The van der Waals surface area contributed by atoms with Crippen molar-refractivity contribution in [1.29, 1.82) is 0 Å². The fourth-order valence-corrected chi connectivity index (χ4v) is 2.68. The number of hydrogen-bond acceptors (Lipinski definition) is 2. The molecule has 19 heavy (non-hydrogen) atoms. The fraction of sp³-hybridized carbons (Fsp3) is 0.533. The predicted molar refractivity (Wildman–Crippen MR) is 81.2 cm³/mol. The molecule has 0 bridgehead atoms. The topological polar surface area (TPSA) is 49.3 Å². The lowest BCUT2D eigenvalue weighted by molar-refractivity contribution is 0.0213. The van der Waals surface area contributed by atoms with E-state index in [2.05, 4.69) is 21.2 Å². The van der Waals surface area contributed by atoms with E-state index in [-0.39, 0.29) is 5.91 Å². The molecule has 1 amide bonds. The highest BCUT2D eigenvalue weighted by atomic mass is 79.9. The molecule has 0 aliphatic heterocycles. The number of benzene rings is 1. The van der Waals surface area contributed by atoms with Gasteiger partial charge in [0.25, 0.3) is 5.91 Å². The maximum Gasteiger partial charge on any atom is 0.252 e. The van der Waals surface area contributed by atoms with Gasteiger partial charge in [0.2, 0.25) is 0 Å². The summed E-state index contributed by atoms with van der Waals surface area (Å²) in [7, 11) is 0. The van der Waals surface area contributed by atoms with Crippen LogP contribution in [0, 0.1) is 0 Å². The summed E-state index contributed by atoms with van der Waals surface area (Å²) >= 11 is 3.36. The Morgan fingerprint density at radius 1 is 1.26 bits per heavy atom. The van der Waals surface area contributed by atoms with Crippen LogP contribution in [0.4, 0.5) is 0 Å². The van der Waals surface area contributed by atoms with E-state index in [1.807, 2.05) is 32.0 Å². The minimum Gasteiger partial charge on any atom is -0.388 e. The summed E-state index contributed by atoms with van der Waals surface area (Å²) in [4.78, 5) is 12.1. The van der Waals surface area contributed by atoms with Crippen molar-refractivity contribution in [2.45, 2.75) is 45.1 Å². The average Bonchev–Trinajstić information content (AvgIpc) is 2.37. The van der Waals surface area contributed by atoms with Gasteiger partial charge in [-0.15, -0.1) is 0 Å². The molecule has 0 aliphatic rings. The summed E-state index contributed by atoms with van der Waals surface area (Å²) in [5.74, 6) is -0.155. The molecule has 0 unspecified atom stereocenters. The largest absolute Gasteiger partial charge is 0.388 e. The molecule has 0 aliphatic carbocycles. The zero-order valence-corrected chi connectivity index (χ0v) is 13.2. The molecular formula is C15H22BrNO2. The van der Waals surface area contributed by atoms with Gasteiger partial charge in [0.15, 0.2) is 0 Å². The van der Waals surface area contributed by atoms with Gasteiger partial charge in [-0.2, -0.15) is 0 Å². The zero-order chi connectivity index (χ0) is 14.3. The molecule has 2 N–H and O–H groups in total. The molecule has 0 atom stereocenters. The lowest BCUT2D eigenvalue weighted by Gasteiger charge is -2.27. The van der Waals surface area contributed by atoms with Gasteiger partial charge < -0.3 is 10.4 Å². The highest BCUT2D eigenvalue weighted by Crippen LogP contribution is 2.20. The number of nitrogens with one attached hydrogen (secondary N) is 1. The third kappa shape index (κ3) is 4.96. The highest BCUT2D eigenvalue weighted by Gasteiger charge is 2.25. The van der Waals surface area contributed by atoms with Crippen molar-refractivity contribution in [3.8, 4) is 0 Å². The van der Waals surface area contributed by atoms with Crippen LogP contribution in [0.2, 0.25) is 0 Å². The highest BCUT2D eigenvalue weighted by molar-refractivity contribution is 9.10. The Hall–Kier alpha value is -0.870. The Labute approximate surface area is 123 Å². The van der Waals surface area contributed by atoms with Crippen molar-refractivity contribution in [3.63, 3.8) is 0 Å². The molecule has 0 heterocycles. The van der Waals surface area contributed by atoms with Crippen LogP contribution in [-0.2, 0) is 0 Å². The van der Waals surface area contributed by atoms with Crippen LogP contribution in [-0.4, -0.2) is 23.2 Å². The molecule has 106 valence electrons. The second-order valence-corrected chi connectivity index (χ2v) is 5.74. The second kappa shape index (κ2) is 7.65. The number of aliphatic hydroxyl groups is 1. The predicted octanol–water partition coefficient (Wildman–Crippen LogP) is 3.51. The van der Waals surface area contributed by atoms with E-state index in [1.54, 1.807) is 6.07 Å². The number of halogens is 1.